The van der Waals surface area contributed by atoms with Gasteiger partial charge in [0.25, 0.3) is 0 Å². The lowest BCUT2D eigenvalue weighted by molar-refractivity contribution is -0.0458. The van der Waals surface area contributed by atoms with E-state index in [0.29, 0.717) is 54.2 Å². The van der Waals surface area contributed by atoms with Crippen LogP contribution in [0.3, 0.4) is 0 Å². The predicted octanol–water partition coefficient (Wildman–Crippen LogP) is 6.48. The van der Waals surface area contributed by atoms with Crippen molar-refractivity contribution in [2.24, 2.45) is 0 Å². The number of likely N-dealkylation sites (N-methyl/N-ethyl adjacent to an activating group) is 1. The quantitative estimate of drug-likeness (QED) is 0.168. The van der Waals surface area contributed by atoms with E-state index in [2.05, 4.69) is 49.5 Å². The van der Waals surface area contributed by atoms with Crippen LogP contribution in [0.5, 0.6) is 17.2 Å². The summed E-state index contributed by atoms with van der Waals surface area (Å²) in [6.07, 6.45) is 3.36. The Kier molecular flexibility index (Phi) is 11.2. The Morgan fingerprint density at radius 1 is 0.843 bits per heavy atom. The fourth-order valence-electron chi connectivity index (χ4n) is 6.79. The van der Waals surface area contributed by atoms with Crippen molar-refractivity contribution in [2.75, 3.05) is 89.3 Å². The summed E-state index contributed by atoms with van der Waals surface area (Å²) < 4.78 is 29.0. The van der Waals surface area contributed by atoms with Gasteiger partial charge in [-0.1, -0.05) is 23.7 Å². The topological polar surface area (TPSA) is 106 Å². The van der Waals surface area contributed by atoms with Gasteiger partial charge >= 0.3 is 0 Å². The maximum absolute atomic E-state index is 6.58. The van der Waals surface area contributed by atoms with Crippen molar-refractivity contribution in [1.29, 1.82) is 0 Å². The van der Waals surface area contributed by atoms with E-state index in [4.69, 9.17) is 40.3 Å². The molecular weight excluding hydrogens is 670 g/mol. The van der Waals surface area contributed by atoms with E-state index >= 15 is 0 Å². The first kappa shape index (κ1) is 35.1. The molecule has 3 aliphatic rings. The predicted molar refractivity (Wildman–Crippen MR) is 199 cm³/mol. The zero-order valence-corrected chi connectivity index (χ0v) is 30.2. The fourth-order valence-corrected chi connectivity index (χ4v) is 6.93. The zero-order chi connectivity index (χ0) is 35.2. The largest absolute Gasteiger partial charge is 0.497 e. The highest BCUT2D eigenvalue weighted by Gasteiger charge is 2.27. The lowest BCUT2D eigenvalue weighted by Crippen LogP contribution is -2.52. The number of anilines is 5. The van der Waals surface area contributed by atoms with Crippen LogP contribution in [0.25, 0.3) is 0 Å². The monoisotopic (exact) mass is 715 g/mol. The van der Waals surface area contributed by atoms with Crippen LogP contribution in [-0.2, 0) is 16.1 Å². The van der Waals surface area contributed by atoms with E-state index < -0.39 is 6.29 Å². The molecule has 4 aromatic rings. The summed E-state index contributed by atoms with van der Waals surface area (Å²) in [7, 11) is 5.54. The van der Waals surface area contributed by atoms with Crippen LogP contribution >= 0.6 is 11.6 Å². The summed E-state index contributed by atoms with van der Waals surface area (Å²) in [5, 5.41) is 7.03. The minimum atomic E-state index is -0.547. The molecule has 3 aliphatic heterocycles. The number of rotatable bonds is 12. The molecule has 0 spiro atoms. The average Bonchev–Trinajstić information content (AvgIpc) is 3.72. The highest BCUT2D eigenvalue weighted by atomic mass is 35.5. The van der Waals surface area contributed by atoms with Gasteiger partial charge in [0.15, 0.2) is 12.1 Å². The molecule has 1 aromatic heterocycles. The first-order valence-corrected chi connectivity index (χ1v) is 17.9. The molecule has 7 rings (SSSR count). The number of piperidine rings is 1. The molecule has 4 heterocycles. The lowest BCUT2D eigenvalue weighted by atomic mass is 10.0. The van der Waals surface area contributed by atoms with Crippen molar-refractivity contribution in [1.82, 2.24) is 19.8 Å². The molecule has 0 radical (unpaired) electrons. The van der Waals surface area contributed by atoms with Crippen molar-refractivity contribution in [3.63, 3.8) is 0 Å². The maximum atomic E-state index is 6.58. The summed E-state index contributed by atoms with van der Waals surface area (Å²) >= 11 is 6.58. The van der Waals surface area contributed by atoms with Crippen molar-refractivity contribution < 1.29 is 23.7 Å². The van der Waals surface area contributed by atoms with Gasteiger partial charge < -0.3 is 44.1 Å². The van der Waals surface area contributed by atoms with Gasteiger partial charge in [0, 0.05) is 62.8 Å². The summed E-state index contributed by atoms with van der Waals surface area (Å²) in [5.74, 6) is 2.99. The molecule has 0 atom stereocenters. The van der Waals surface area contributed by atoms with E-state index in [1.54, 1.807) is 20.4 Å². The molecule has 3 aromatic carbocycles. The van der Waals surface area contributed by atoms with E-state index in [1.807, 2.05) is 48.5 Å². The molecular formula is C38H46ClN7O5. The van der Waals surface area contributed by atoms with Gasteiger partial charge in [0.05, 0.1) is 44.9 Å². The van der Waals surface area contributed by atoms with E-state index in [0.717, 1.165) is 73.2 Å². The van der Waals surface area contributed by atoms with Crippen LogP contribution < -0.4 is 29.7 Å². The number of hydrogen-bond acceptors (Lipinski definition) is 12. The smallest absolute Gasteiger partial charge is 0.229 e. The summed E-state index contributed by atoms with van der Waals surface area (Å²) in [6.45, 7) is 8.08. The third kappa shape index (κ3) is 8.59. The van der Waals surface area contributed by atoms with Crippen molar-refractivity contribution in [3.8, 4) is 17.2 Å². The number of ether oxygens (including phenoxy) is 5. The minimum Gasteiger partial charge on any atom is -0.497 e. The second-order valence-electron chi connectivity index (χ2n) is 13.0. The van der Waals surface area contributed by atoms with Gasteiger partial charge in [0.2, 0.25) is 5.95 Å². The standard InChI is InChI=1S/C38H46ClN7O5/c1-44-16-18-46(19-17-44)28-12-14-45(15-13-28)29-7-10-33(35(23-29)48-3)42-38-40-24-32(39)36(43-38)41-27-6-11-34(31(22-27)37-49-20-21-50-37)51-25-26-4-8-30(47-2)9-5-26/h4-11,22-24,28,37H,12-21,25H2,1-3H3,(H2,40,41,42,43). The zero-order valence-electron chi connectivity index (χ0n) is 29.4. The Balaban J connectivity index is 1.02. The number of methoxy groups -OCH3 is 2. The Bertz CT molecular complexity index is 1760. The van der Waals surface area contributed by atoms with Crippen LogP contribution in [0.1, 0.15) is 30.3 Å². The van der Waals surface area contributed by atoms with E-state index in [1.165, 1.54) is 12.8 Å². The van der Waals surface area contributed by atoms with E-state index in [-0.39, 0.29) is 0 Å². The van der Waals surface area contributed by atoms with Gasteiger partial charge in [0.1, 0.15) is 28.9 Å². The fraction of sp³-hybridized carbons (Fsp3) is 0.421. The number of nitrogens with one attached hydrogen (secondary N) is 2. The van der Waals surface area contributed by atoms with E-state index in [9.17, 15) is 0 Å². The molecule has 270 valence electrons. The Morgan fingerprint density at radius 3 is 2.33 bits per heavy atom. The van der Waals surface area contributed by atoms with Gasteiger partial charge in [-0.3, -0.25) is 4.90 Å². The highest BCUT2D eigenvalue weighted by Crippen LogP contribution is 2.37. The molecule has 3 saturated heterocycles. The van der Waals surface area contributed by atoms with Gasteiger partial charge in [-0.05, 0) is 67.9 Å². The van der Waals surface area contributed by atoms with Crippen molar-refractivity contribution in [3.05, 3.63) is 83.0 Å². The molecule has 0 amide bonds. The number of nitrogens with zero attached hydrogens (tertiary/aromatic N) is 5. The summed E-state index contributed by atoms with van der Waals surface area (Å²) in [6, 6.07) is 20.4. The molecule has 12 nitrogen and oxygen atoms in total. The van der Waals surface area contributed by atoms with Gasteiger partial charge in [-0.2, -0.15) is 4.98 Å². The van der Waals surface area contributed by atoms with Gasteiger partial charge in [-0.25, -0.2) is 4.98 Å². The molecule has 13 heteroatoms. The molecule has 0 unspecified atom stereocenters. The second-order valence-corrected chi connectivity index (χ2v) is 13.5. The number of hydrogen-bond donors (Lipinski definition) is 2. The molecule has 0 aliphatic carbocycles. The number of aromatic nitrogens is 2. The third-order valence-electron chi connectivity index (χ3n) is 9.76. The lowest BCUT2D eigenvalue weighted by Gasteiger charge is -2.42. The van der Waals surface area contributed by atoms with Crippen LogP contribution in [0.15, 0.2) is 66.9 Å². The molecule has 3 fully saturated rings. The molecule has 2 N–H and O–H groups in total. The average molecular weight is 716 g/mol. The summed E-state index contributed by atoms with van der Waals surface area (Å²) in [5.41, 5.74) is 4.43. The first-order chi connectivity index (χ1) is 24.9. The van der Waals surface area contributed by atoms with Gasteiger partial charge in [-0.15, -0.1) is 0 Å². The molecule has 0 bridgehead atoms. The van der Waals surface area contributed by atoms with Crippen LogP contribution in [-0.4, -0.2) is 99.6 Å². The van der Waals surface area contributed by atoms with Crippen LogP contribution in [0.4, 0.5) is 28.8 Å². The number of halogens is 1. The Morgan fingerprint density at radius 2 is 1.61 bits per heavy atom. The molecule has 0 saturated carbocycles. The van der Waals surface area contributed by atoms with Crippen LogP contribution in [0.2, 0.25) is 5.02 Å². The number of benzene rings is 3. The first-order valence-electron chi connectivity index (χ1n) is 17.5. The van der Waals surface area contributed by atoms with Crippen molar-refractivity contribution >= 4 is 40.4 Å². The molecule has 51 heavy (non-hydrogen) atoms. The normalized spacial score (nSPS) is 17.8. The van der Waals surface area contributed by atoms with Crippen molar-refractivity contribution in [2.45, 2.75) is 31.8 Å². The SMILES string of the molecule is COc1ccc(COc2ccc(Nc3nc(Nc4ccc(N5CCC(N6CCN(C)CC6)CC5)cc4OC)ncc3Cl)cc2C2OCCO2)cc1. The maximum Gasteiger partial charge on any atom is 0.229 e. The van der Waals surface area contributed by atoms with Crippen LogP contribution in [0, 0.1) is 0 Å². The third-order valence-corrected chi connectivity index (χ3v) is 10.0. The second kappa shape index (κ2) is 16.3. The number of piperazine rings is 1. The Hall–Kier alpha value is -4.33. The Labute approximate surface area is 304 Å². The highest BCUT2D eigenvalue weighted by molar-refractivity contribution is 6.32. The summed E-state index contributed by atoms with van der Waals surface area (Å²) in [4.78, 5) is 16.7. The minimum absolute atomic E-state index is 0.373.